The highest BCUT2D eigenvalue weighted by atomic mass is 19.1. The van der Waals surface area contributed by atoms with Crippen molar-refractivity contribution in [1.29, 1.82) is 0 Å². The maximum Gasteiger partial charge on any atom is 0.320 e. The molecule has 0 aliphatic carbocycles. The minimum absolute atomic E-state index is 0.0433. The molecule has 0 atom stereocenters. The third kappa shape index (κ3) is 4.69. The molecule has 7 heteroatoms. The smallest absolute Gasteiger partial charge is 0.320 e. The summed E-state index contributed by atoms with van der Waals surface area (Å²) in [5, 5.41) is 0. The molecule has 0 spiro atoms. The van der Waals surface area contributed by atoms with E-state index in [1.165, 1.54) is 12.1 Å². The Kier molecular flexibility index (Phi) is 5.86. The van der Waals surface area contributed by atoms with Crippen molar-refractivity contribution >= 4 is 11.9 Å². The Hall–Kier alpha value is -2.15. The highest BCUT2D eigenvalue weighted by Crippen LogP contribution is 2.11. The second-order valence-corrected chi connectivity index (χ2v) is 6.38. The van der Waals surface area contributed by atoms with Crippen LogP contribution >= 0.6 is 0 Å². The van der Waals surface area contributed by atoms with Gasteiger partial charge in [0.2, 0.25) is 5.91 Å². The zero-order valence-corrected chi connectivity index (χ0v) is 14.3. The van der Waals surface area contributed by atoms with Gasteiger partial charge in [-0.05, 0) is 24.1 Å². The number of carbonyl (C=O) groups is 2. The van der Waals surface area contributed by atoms with E-state index in [1.807, 2.05) is 14.7 Å². The molecule has 2 heterocycles. The second kappa shape index (κ2) is 8.29. The fraction of sp³-hybridized carbons (Fsp3) is 0.556. The van der Waals surface area contributed by atoms with E-state index in [1.54, 1.807) is 12.1 Å². The minimum atomic E-state index is -0.267. The first kappa shape index (κ1) is 17.7. The van der Waals surface area contributed by atoms with Gasteiger partial charge in [0, 0.05) is 45.7 Å². The van der Waals surface area contributed by atoms with E-state index < -0.39 is 0 Å². The topological polar surface area (TPSA) is 53.1 Å². The van der Waals surface area contributed by atoms with Gasteiger partial charge in [-0.15, -0.1) is 0 Å². The maximum atomic E-state index is 12.9. The van der Waals surface area contributed by atoms with Gasteiger partial charge in [0.05, 0.1) is 13.2 Å². The van der Waals surface area contributed by atoms with Gasteiger partial charge < -0.3 is 19.4 Å². The monoisotopic (exact) mass is 349 g/mol. The zero-order chi connectivity index (χ0) is 17.6. The van der Waals surface area contributed by atoms with Crippen molar-refractivity contribution in [3.05, 3.63) is 35.6 Å². The molecule has 25 heavy (non-hydrogen) atoms. The summed E-state index contributed by atoms with van der Waals surface area (Å²) in [6.45, 7) is 4.72. The average Bonchev–Trinajstić information content (AvgIpc) is 2.67. The number of carbonyl (C=O) groups excluding carboxylic acids is 2. The van der Waals surface area contributed by atoms with Crippen LogP contribution in [-0.2, 0) is 16.0 Å². The van der Waals surface area contributed by atoms with Crippen molar-refractivity contribution in [2.75, 3.05) is 52.5 Å². The molecule has 0 bridgehead atoms. The summed E-state index contributed by atoms with van der Waals surface area (Å²) in [6, 6.07) is 6.29. The first-order valence-corrected chi connectivity index (χ1v) is 8.77. The molecule has 6 nitrogen and oxygen atoms in total. The zero-order valence-electron chi connectivity index (χ0n) is 14.3. The Labute approximate surface area is 147 Å². The highest BCUT2D eigenvalue weighted by molar-refractivity contribution is 5.78. The third-order valence-corrected chi connectivity index (χ3v) is 4.73. The van der Waals surface area contributed by atoms with Crippen LogP contribution in [-0.4, -0.2) is 79.1 Å². The number of nitrogens with zero attached hydrogens (tertiary/aromatic N) is 3. The molecule has 0 saturated carbocycles. The molecule has 3 amide bonds. The number of ether oxygens (including phenoxy) is 1. The standard InChI is InChI=1S/C18H24FN3O3/c19-16-4-1-15(2-5-16)3-6-17(23)20-7-9-21(10-8-20)18(24)22-11-13-25-14-12-22/h1-2,4-5H,3,6-14H2. The predicted molar refractivity (Wildman–Crippen MR) is 90.7 cm³/mol. The molecule has 2 aliphatic heterocycles. The van der Waals surface area contributed by atoms with Crippen molar-refractivity contribution in [2.24, 2.45) is 0 Å². The number of hydrogen-bond donors (Lipinski definition) is 0. The van der Waals surface area contributed by atoms with Crippen LogP contribution in [0.15, 0.2) is 24.3 Å². The van der Waals surface area contributed by atoms with Gasteiger partial charge in [0.1, 0.15) is 5.82 Å². The Morgan fingerprint density at radius 1 is 0.880 bits per heavy atom. The molecule has 0 unspecified atom stereocenters. The number of urea groups is 1. The number of piperazine rings is 1. The lowest BCUT2D eigenvalue weighted by Gasteiger charge is -2.38. The Balaban J connectivity index is 1.42. The lowest BCUT2D eigenvalue weighted by molar-refractivity contribution is -0.132. The molecular formula is C18H24FN3O3. The number of hydrogen-bond acceptors (Lipinski definition) is 3. The van der Waals surface area contributed by atoms with Crippen LogP contribution in [0.4, 0.5) is 9.18 Å². The molecule has 136 valence electrons. The number of amides is 3. The average molecular weight is 349 g/mol. The van der Waals surface area contributed by atoms with Crippen LogP contribution in [0, 0.1) is 5.82 Å². The van der Waals surface area contributed by atoms with Crippen molar-refractivity contribution in [3.8, 4) is 0 Å². The molecule has 0 aromatic heterocycles. The molecular weight excluding hydrogens is 325 g/mol. The number of halogens is 1. The van der Waals surface area contributed by atoms with Crippen LogP contribution in [0.5, 0.6) is 0 Å². The molecule has 2 fully saturated rings. The van der Waals surface area contributed by atoms with E-state index in [0.29, 0.717) is 65.3 Å². The summed E-state index contributed by atoms with van der Waals surface area (Å²) in [4.78, 5) is 30.2. The lowest BCUT2D eigenvalue weighted by atomic mass is 10.1. The van der Waals surface area contributed by atoms with E-state index in [4.69, 9.17) is 4.74 Å². The fourth-order valence-corrected chi connectivity index (χ4v) is 3.16. The van der Waals surface area contributed by atoms with Crippen LogP contribution < -0.4 is 0 Å². The Bertz CT molecular complexity index is 594. The SMILES string of the molecule is O=C(CCc1ccc(F)cc1)N1CCN(C(=O)N2CCOCC2)CC1. The Morgan fingerprint density at radius 3 is 2.08 bits per heavy atom. The van der Waals surface area contributed by atoms with Crippen molar-refractivity contribution in [3.63, 3.8) is 0 Å². The van der Waals surface area contributed by atoms with E-state index in [0.717, 1.165) is 5.56 Å². The third-order valence-electron chi connectivity index (χ3n) is 4.73. The maximum absolute atomic E-state index is 12.9. The van der Waals surface area contributed by atoms with Crippen LogP contribution in [0.3, 0.4) is 0 Å². The molecule has 3 rings (SSSR count). The van der Waals surface area contributed by atoms with Crippen molar-refractivity contribution < 1.29 is 18.7 Å². The number of benzene rings is 1. The van der Waals surface area contributed by atoms with Gasteiger partial charge in [-0.2, -0.15) is 0 Å². The van der Waals surface area contributed by atoms with Crippen molar-refractivity contribution in [2.45, 2.75) is 12.8 Å². The number of rotatable bonds is 3. The van der Waals surface area contributed by atoms with Crippen molar-refractivity contribution in [1.82, 2.24) is 14.7 Å². The second-order valence-electron chi connectivity index (χ2n) is 6.38. The number of aryl methyl sites for hydroxylation is 1. The minimum Gasteiger partial charge on any atom is -0.378 e. The molecule has 0 radical (unpaired) electrons. The largest absolute Gasteiger partial charge is 0.378 e. The molecule has 1 aromatic carbocycles. The first-order valence-electron chi connectivity index (χ1n) is 8.77. The van der Waals surface area contributed by atoms with E-state index in [2.05, 4.69) is 0 Å². The lowest BCUT2D eigenvalue weighted by Crippen LogP contribution is -2.55. The fourth-order valence-electron chi connectivity index (χ4n) is 3.16. The summed E-state index contributed by atoms with van der Waals surface area (Å²) < 4.78 is 18.2. The van der Waals surface area contributed by atoms with Gasteiger partial charge in [0.25, 0.3) is 0 Å². The quantitative estimate of drug-likeness (QED) is 0.828. The summed E-state index contributed by atoms with van der Waals surface area (Å²) >= 11 is 0. The summed E-state index contributed by atoms with van der Waals surface area (Å²) in [6.07, 6.45) is 1.01. The van der Waals surface area contributed by atoms with Gasteiger partial charge in [-0.25, -0.2) is 9.18 Å². The molecule has 2 saturated heterocycles. The first-order chi connectivity index (χ1) is 12.1. The normalized spacial score (nSPS) is 18.4. The molecule has 2 aliphatic rings. The van der Waals surface area contributed by atoms with E-state index >= 15 is 0 Å². The van der Waals surface area contributed by atoms with E-state index in [-0.39, 0.29) is 17.8 Å². The summed E-state index contributed by atoms with van der Waals surface area (Å²) in [7, 11) is 0. The highest BCUT2D eigenvalue weighted by Gasteiger charge is 2.27. The van der Waals surface area contributed by atoms with Crippen LogP contribution in [0.25, 0.3) is 0 Å². The van der Waals surface area contributed by atoms with E-state index in [9.17, 15) is 14.0 Å². The van der Waals surface area contributed by atoms with Gasteiger partial charge in [0.15, 0.2) is 0 Å². The molecule has 0 N–H and O–H groups in total. The Morgan fingerprint density at radius 2 is 1.44 bits per heavy atom. The summed E-state index contributed by atoms with van der Waals surface area (Å²) in [5.74, 6) is -0.182. The molecule has 1 aromatic rings. The van der Waals surface area contributed by atoms with Gasteiger partial charge in [-0.1, -0.05) is 12.1 Å². The van der Waals surface area contributed by atoms with Gasteiger partial charge in [-0.3, -0.25) is 4.79 Å². The summed E-state index contributed by atoms with van der Waals surface area (Å²) in [5.41, 5.74) is 0.955. The van der Waals surface area contributed by atoms with Gasteiger partial charge >= 0.3 is 6.03 Å². The number of morpholine rings is 1. The van der Waals surface area contributed by atoms with Crippen LogP contribution in [0.2, 0.25) is 0 Å². The van der Waals surface area contributed by atoms with Crippen LogP contribution in [0.1, 0.15) is 12.0 Å². The predicted octanol–water partition coefficient (Wildman–Crippen LogP) is 1.35.